The average molecular weight is 304 g/mol. The first-order chi connectivity index (χ1) is 8.01. The monoisotopic (exact) mass is 303 g/mol. The average Bonchev–Trinajstić information content (AvgIpc) is 2.28. The van der Waals surface area contributed by atoms with Crippen LogP contribution < -0.4 is 0 Å². The Labute approximate surface area is 105 Å². The van der Waals surface area contributed by atoms with Gasteiger partial charge in [-0.1, -0.05) is 15.9 Å². The van der Waals surface area contributed by atoms with E-state index in [-0.39, 0.29) is 27.8 Å². The molecule has 90 valence electrons. The highest BCUT2D eigenvalue weighted by Gasteiger charge is 2.20. The van der Waals surface area contributed by atoms with E-state index in [2.05, 4.69) is 15.9 Å². The van der Waals surface area contributed by atoms with Crippen LogP contribution in [0.1, 0.15) is 34.8 Å². The maximum absolute atomic E-state index is 12.6. The van der Waals surface area contributed by atoms with Crippen LogP contribution in [0.25, 0.3) is 0 Å². The molecule has 3 nitrogen and oxygen atoms in total. The van der Waals surface area contributed by atoms with Crippen LogP contribution in [-0.2, 0) is 4.74 Å². The minimum Gasteiger partial charge on any atom is -0.462 e. The lowest BCUT2D eigenvalue weighted by Crippen LogP contribution is -2.08. The summed E-state index contributed by atoms with van der Waals surface area (Å²) in [4.78, 5) is 11.5. The van der Waals surface area contributed by atoms with Crippen molar-refractivity contribution in [3.8, 4) is 6.07 Å². The highest BCUT2D eigenvalue weighted by atomic mass is 79.9. The van der Waals surface area contributed by atoms with Gasteiger partial charge >= 0.3 is 5.97 Å². The first kappa shape index (κ1) is 13.6. The molecule has 0 unspecified atom stereocenters. The maximum atomic E-state index is 12.6. The van der Waals surface area contributed by atoms with Crippen LogP contribution in [0.3, 0.4) is 0 Å². The molecule has 0 fully saturated rings. The summed E-state index contributed by atoms with van der Waals surface area (Å²) in [6, 6.07) is 3.93. The number of hydrogen-bond donors (Lipinski definition) is 0. The molecule has 0 bridgehead atoms. The van der Waals surface area contributed by atoms with Crippen LogP contribution in [0.4, 0.5) is 8.78 Å². The molecule has 0 N–H and O–H groups in total. The summed E-state index contributed by atoms with van der Waals surface area (Å²) >= 11 is 2.93. The number of ether oxygens (including phenoxy) is 1. The summed E-state index contributed by atoms with van der Waals surface area (Å²) in [5, 5.41) is 8.82. The molecule has 0 amide bonds. The Morgan fingerprint density at radius 3 is 2.71 bits per heavy atom. The second kappa shape index (κ2) is 5.73. The molecule has 0 heterocycles. The largest absolute Gasteiger partial charge is 0.462 e. The molecule has 0 aromatic heterocycles. The van der Waals surface area contributed by atoms with E-state index in [1.54, 1.807) is 13.0 Å². The predicted molar refractivity (Wildman–Crippen MR) is 59.8 cm³/mol. The van der Waals surface area contributed by atoms with Gasteiger partial charge in [-0.3, -0.25) is 0 Å². The first-order valence-electron chi connectivity index (χ1n) is 4.70. The summed E-state index contributed by atoms with van der Waals surface area (Å²) in [6.45, 7) is 1.71. The van der Waals surface area contributed by atoms with Crippen LogP contribution in [0.15, 0.2) is 16.6 Å². The number of alkyl halides is 2. The van der Waals surface area contributed by atoms with Crippen LogP contribution in [0.2, 0.25) is 0 Å². The minimum absolute atomic E-state index is 0.000255. The molecule has 6 heteroatoms. The van der Waals surface area contributed by atoms with Crippen molar-refractivity contribution in [3.05, 3.63) is 33.3 Å². The number of nitrogens with zero attached hydrogens (tertiary/aromatic N) is 1. The summed E-state index contributed by atoms with van der Waals surface area (Å²) in [5.74, 6) is -0.779. The van der Waals surface area contributed by atoms with Crippen LogP contribution in [-0.4, -0.2) is 12.6 Å². The van der Waals surface area contributed by atoms with E-state index in [0.717, 1.165) is 6.07 Å². The fourth-order valence-electron chi connectivity index (χ4n) is 1.23. The van der Waals surface area contributed by atoms with Crippen LogP contribution in [0, 0.1) is 11.3 Å². The van der Waals surface area contributed by atoms with Crippen molar-refractivity contribution in [2.24, 2.45) is 0 Å². The number of rotatable bonds is 3. The molecule has 1 aromatic rings. The van der Waals surface area contributed by atoms with Gasteiger partial charge in [0.2, 0.25) is 0 Å². The summed E-state index contributed by atoms with van der Waals surface area (Å²) < 4.78 is 30.0. The van der Waals surface area contributed by atoms with Gasteiger partial charge in [-0.25, -0.2) is 13.6 Å². The highest BCUT2D eigenvalue weighted by Crippen LogP contribution is 2.30. The van der Waals surface area contributed by atoms with Gasteiger partial charge in [0.1, 0.15) is 6.07 Å². The number of hydrogen-bond acceptors (Lipinski definition) is 3. The number of benzene rings is 1. The van der Waals surface area contributed by atoms with E-state index in [1.807, 2.05) is 0 Å². The molecule has 0 atom stereocenters. The molecule has 0 saturated heterocycles. The number of nitriles is 1. The van der Waals surface area contributed by atoms with Crippen LogP contribution in [0.5, 0.6) is 0 Å². The smallest absolute Gasteiger partial charge is 0.339 e. The van der Waals surface area contributed by atoms with Crippen molar-refractivity contribution in [1.82, 2.24) is 0 Å². The molecule has 17 heavy (non-hydrogen) atoms. The zero-order valence-corrected chi connectivity index (χ0v) is 10.4. The van der Waals surface area contributed by atoms with Crippen molar-refractivity contribution < 1.29 is 18.3 Å². The molecule has 0 aliphatic heterocycles. The fourth-order valence-corrected chi connectivity index (χ4v) is 1.74. The Morgan fingerprint density at radius 2 is 2.24 bits per heavy atom. The quantitative estimate of drug-likeness (QED) is 0.804. The van der Waals surface area contributed by atoms with Crippen molar-refractivity contribution in [2.45, 2.75) is 13.3 Å². The van der Waals surface area contributed by atoms with Gasteiger partial charge in [0, 0.05) is 10.0 Å². The second-order valence-corrected chi connectivity index (χ2v) is 3.91. The molecular formula is C11H8BrF2NO2. The lowest BCUT2D eigenvalue weighted by atomic mass is 10.0. The van der Waals surface area contributed by atoms with Crippen molar-refractivity contribution in [1.29, 1.82) is 5.26 Å². The van der Waals surface area contributed by atoms with Gasteiger partial charge in [-0.2, -0.15) is 5.26 Å². The number of esters is 1. The second-order valence-electron chi connectivity index (χ2n) is 3.05. The molecule has 1 aromatic carbocycles. The normalized spacial score (nSPS) is 10.1. The van der Waals surface area contributed by atoms with E-state index in [0.29, 0.717) is 0 Å². The zero-order chi connectivity index (χ0) is 13.0. The summed E-state index contributed by atoms with van der Waals surface area (Å²) in [6.07, 6.45) is -2.73. The summed E-state index contributed by atoms with van der Waals surface area (Å²) in [5.41, 5.74) is -0.486. The Hall–Kier alpha value is -1.48. The lowest BCUT2D eigenvalue weighted by molar-refractivity contribution is 0.0525. The third-order valence-corrected chi connectivity index (χ3v) is 2.67. The molecule has 0 radical (unpaired) electrons. The third kappa shape index (κ3) is 3.01. The molecule has 0 aliphatic carbocycles. The Bertz CT molecular complexity index is 483. The highest BCUT2D eigenvalue weighted by molar-refractivity contribution is 9.10. The first-order valence-corrected chi connectivity index (χ1v) is 5.49. The van der Waals surface area contributed by atoms with E-state index in [1.165, 1.54) is 6.07 Å². The standard InChI is InChI=1S/C11H8BrF2NO2/c1-2-17-11(16)7-4-8(10(13)14)9(12)3-6(7)5-15/h3-4,10H,2H2,1H3. The lowest BCUT2D eigenvalue weighted by Gasteiger charge is -2.08. The fraction of sp³-hybridized carbons (Fsp3) is 0.273. The third-order valence-electron chi connectivity index (χ3n) is 1.99. The van der Waals surface area contributed by atoms with Gasteiger partial charge in [0.25, 0.3) is 6.43 Å². The van der Waals surface area contributed by atoms with Gasteiger partial charge in [0.15, 0.2) is 0 Å². The van der Waals surface area contributed by atoms with E-state index in [4.69, 9.17) is 10.00 Å². The van der Waals surface area contributed by atoms with E-state index >= 15 is 0 Å². The molecule has 1 rings (SSSR count). The van der Waals surface area contributed by atoms with Gasteiger partial charge < -0.3 is 4.74 Å². The Kier molecular flexibility index (Phi) is 4.58. The van der Waals surface area contributed by atoms with Crippen molar-refractivity contribution in [2.75, 3.05) is 6.61 Å². The van der Waals surface area contributed by atoms with E-state index < -0.39 is 12.4 Å². The van der Waals surface area contributed by atoms with Crippen molar-refractivity contribution in [3.63, 3.8) is 0 Å². The van der Waals surface area contributed by atoms with Gasteiger partial charge in [-0.05, 0) is 19.1 Å². The molecule has 0 aliphatic rings. The Balaban J connectivity index is 3.32. The molecule has 0 saturated carbocycles. The van der Waals surface area contributed by atoms with Gasteiger partial charge in [-0.15, -0.1) is 0 Å². The van der Waals surface area contributed by atoms with Crippen LogP contribution >= 0.6 is 15.9 Å². The minimum atomic E-state index is -2.73. The number of halogens is 3. The summed E-state index contributed by atoms with van der Waals surface area (Å²) in [7, 11) is 0. The molecular weight excluding hydrogens is 296 g/mol. The zero-order valence-electron chi connectivity index (χ0n) is 8.84. The van der Waals surface area contributed by atoms with E-state index in [9.17, 15) is 13.6 Å². The SMILES string of the molecule is CCOC(=O)c1cc(C(F)F)c(Br)cc1C#N. The predicted octanol–water partition coefficient (Wildman–Crippen LogP) is 3.44. The number of carbonyl (C=O) groups excluding carboxylic acids is 1. The molecule has 0 spiro atoms. The number of carbonyl (C=O) groups is 1. The maximum Gasteiger partial charge on any atom is 0.339 e. The van der Waals surface area contributed by atoms with Crippen molar-refractivity contribution >= 4 is 21.9 Å². The topological polar surface area (TPSA) is 50.1 Å². The Morgan fingerprint density at radius 1 is 1.59 bits per heavy atom. The van der Waals surface area contributed by atoms with Gasteiger partial charge in [0.05, 0.1) is 17.7 Å².